The van der Waals surface area contributed by atoms with Crippen LogP contribution in [0.3, 0.4) is 0 Å². The monoisotopic (exact) mass is 379 g/mol. The van der Waals surface area contributed by atoms with Crippen LogP contribution in [0.1, 0.15) is 5.56 Å². The fraction of sp³-hybridized carbons (Fsp3) is 0.150. The Labute approximate surface area is 161 Å². The first kappa shape index (κ1) is 18.5. The van der Waals surface area contributed by atoms with Gasteiger partial charge in [-0.25, -0.2) is 0 Å². The number of nitrogens with one attached hydrogen (secondary N) is 1. The van der Waals surface area contributed by atoms with Crippen molar-refractivity contribution < 1.29 is 14.3 Å². The molecular weight excluding hydrogens is 362 g/mol. The number of hydrogen-bond acceptors (Lipinski definition) is 5. The molecule has 2 aromatic rings. The number of anilines is 2. The van der Waals surface area contributed by atoms with E-state index in [2.05, 4.69) is 5.32 Å². The molecule has 1 aliphatic heterocycles. The van der Waals surface area contributed by atoms with Gasteiger partial charge >= 0.3 is 0 Å². The summed E-state index contributed by atoms with van der Waals surface area (Å²) < 4.78 is 5.13. The van der Waals surface area contributed by atoms with E-state index < -0.39 is 5.91 Å². The Morgan fingerprint density at radius 2 is 1.93 bits per heavy atom. The standard InChI is InChI=1S/C20H17N3O3S/c1-13-5-3-4-6-17(13)22-19(25)16(11-21)20-23(18(24)12-27-20)14-7-9-15(26-2)10-8-14/h3-10H,12H2,1-2H3,(H,22,25)/b20-16-. The van der Waals surface area contributed by atoms with Crippen LogP contribution in [0.15, 0.2) is 59.1 Å². The number of methoxy groups -OCH3 is 1. The van der Waals surface area contributed by atoms with Crippen molar-refractivity contribution in [3.05, 3.63) is 64.7 Å². The zero-order valence-corrected chi connectivity index (χ0v) is 15.7. The number of carbonyl (C=O) groups excluding carboxylic acids is 2. The molecule has 1 heterocycles. The summed E-state index contributed by atoms with van der Waals surface area (Å²) in [5, 5.41) is 12.7. The van der Waals surface area contributed by atoms with Crippen molar-refractivity contribution >= 4 is 35.0 Å². The number of thioether (sulfide) groups is 1. The second-order valence-electron chi connectivity index (χ2n) is 5.78. The largest absolute Gasteiger partial charge is 0.497 e. The summed E-state index contributed by atoms with van der Waals surface area (Å²) in [6.07, 6.45) is 0. The highest BCUT2D eigenvalue weighted by molar-refractivity contribution is 8.04. The third kappa shape index (κ3) is 3.81. The number of rotatable bonds is 4. The third-order valence-corrected chi connectivity index (χ3v) is 5.11. The van der Waals surface area contributed by atoms with Gasteiger partial charge in [-0.15, -0.1) is 0 Å². The van der Waals surface area contributed by atoms with Gasteiger partial charge in [0.25, 0.3) is 5.91 Å². The normalized spacial score (nSPS) is 15.3. The van der Waals surface area contributed by atoms with Crippen molar-refractivity contribution in [3.63, 3.8) is 0 Å². The lowest BCUT2D eigenvalue weighted by Gasteiger charge is -2.19. The van der Waals surface area contributed by atoms with Crippen molar-refractivity contribution in [2.24, 2.45) is 0 Å². The summed E-state index contributed by atoms with van der Waals surface area (Å²) in [5.41, 5.74) is 2.00. The first-order chi connectivity index (χ1) is 13.0. The van der Waals surface area contributed by atoms with Crippen LogP contribution in [-0.4, -0.2) is 24.7 Å². The summed E-state index contributed by atoms with van der Waals surface area (Å²) in [5.74, 6) is 0.102. The second kappa shape index (κ2) is 7.98. The van der Waals surface area contributed by atoms with Crippen molar-refractivity contribution in [1.29, 1.82) is 5.26 Å². The molecule has 0 unspecified atom stereocenters. The molecule has 27 heavy (non-hydrogen) atoms. The number of aryl methyl sites for hydroxylation is 1. The average molecular weight is 379 g/mol. The summed E-state index contributed by atoms with van der Waals surface area (Å²) in [6, 6.07) is 16.1. The molecule has 0 spiro atoms. The molecule has 0 bridgehead atoms. The Kier molecular flexibility index (Phi) is 5.48. The van der Waals surface area contributed by atoms with E-state index in [1.165, 1.54) is 16.7 Å². The van der Waals surface area contributed by atoms with Crippen molar-refractivity contribution in [1.82, 2.24) is 0 Å². The minimum Gasteiger partial charge on any atom is -0.497 e. The Morgan fingerprint density at radius 1 is 1.22 bits per heavy atom. The Balaban J connectivity index is 1.96. The second-order valence-corrected chi connectivity index (χ2v) is 6.74. The van der Waals surface area contributed by atoms with Gasteiger partial charge in [-0.1, -0.05) is 30.0 Å². The first-order valence-corrected chi connectivity index (χ1v) is 9.15. The van der Waals surface area contributed by atoms with Crippen molar-refractivity contribution in [2.75, 3.05) is 23.1 Å². The predicted octanol–water partition coefficient (Wildman–Crippen LogP) is 3.46. The molecule has 0 aromatic heterocycles. The lowest BCUT2D eigenvalue weighted by molar-refractivity contribution is -0.115. The predicted molar refractivity (Wildman–Crippen MR) is 105 cm³/mol. The molecule has 2 aromatic carbocycles. The van der Waals surface area contributed by atoms with Gasteiger partial charge in [0.1, 0.15) is 22.4 Å². The highest BCUT2D eigenvalue weighted by Gasteiger charge is 2.33. The quantitative estimate of drug-likeness (QED) is 0.650. The molecule has 6 nitrogen and oxygen atoms in total. The topological polar surface area (TPSA) is 82.4 Å². The molecule has 1 saturated heterocycles. The molecule has 7 heteroatoms. The fourth-order valence-corrected chi connectivity index (χ4v) is 3.65. The van der Waals surface area contributed by atoms with Crippen LogP contribution in [-0.2, 0) is 9.59 Å². The van der Waals surface area contributed by atoms with Gasteiger partial charge in [0, 0.05) is 11.4 Å². The molecule has 0 saturated carbocycles. The van der Waals surface area contributed by atoms with E-state index in [-0.39, 0.29) is 17.2 Å². The van der Waals surface area contributed by atoms with Gasteiger partial charge in [-0.3, -0.25) is 14.5 Å². The number of nitriles is 1. The summed E-state index contributed by atoms with van der Waals surface area (Å²) in [7, 11) is 1.56. The maximum atomic E-state index is 12.7. The highest BCUT2D eigenvalue weighted by atomic mass is 32.2. The van der Waals surface area contributed by atoms with Crippen LogP contribution in [0.25, 0.3) is 0 Å². The zero-order valence-electron chi connectivity index (χ0n) is 14.9. The minimum atomic E-state index is -0.539. The van der Waals surface area contributed by atoms with Crippen LogP contribution in [0.4, 0.5) is 11.4 Å². The highest BCUT2D eigenvalue weighted by Crippen LogP contribution is 2.36. The summed E-state index contributed by atoms with van der Waals surface area (Å²) in [6.45, 7) is 1.87. The Bertz CT molecular complexity index is 961. The van der Waals surface area contributed by atoms with Crippen LogP contribution in [0, 0.1) is 18.3 Å². The maximum Gasteiger partial charge on any atom is 0.269 e. The SMILES string of the molecule is COc1ccc(N2C(=O)CS/C2=C(/C#N)C(=O)Nc2ccccc2C)cc1. The minimum absolute atomic E-state index is 0.0927. The molecule has 1 aliphatic rings. The van der Waals surface area contributed by atoms with E-state index in [0.29, 0.717) is 22.2 Å². The number of carbonyl (C=O) groups is 2. The van der Waals surface area contributed by atoms with Crippen LogP contribution < -0.4 is 15.0 Å². The number of para-hydroxylation sites is 1. The smallest absolute Gasteiger partial charge is 0.269 e. The van der Waals surface area contributed by atoms with Crippen LogP contribution in [0.5, 0.6) is 5.75 Å². The zero-order chi connectivity index (χ0) is 19.4. The van der Waals surface area contributed by atoms with Crippen molar-refractivity contribution in [3.8, 4) is 11.8 Å². The molecule has 0 atom stereocenters. The van der Waals surface area contributed by atoms with Gasteiger partial charge in [0.15, 0.2) is 0 Å². The Hall–Kier alpha value is -3.24. The van der Waals surface area contributed by atoms with Crippen LogP contribution >= 0.6 is 11.8 Å². The number of ether oxygens (including phenoxy) is 1. The number of nitrogens with zero attached hydrogens (tertiary/aromatic N) is 2. The maximum absolute atomic E-state index is 12.7. The lowest BCUT2D eigenvalue weighted by atomic mass is 10.2. The molecule has 1 fully saturated rings. The molecule has 0 radical (unpaired) electrons. The van der Waals surface area contributed by atoms with E-state index in [9.17, 15) is 14.9 Å². The molecule has 2 amide bonds. The van der Waals surface area contributed by atoms with Gasteiger partial charge < -0.3 is 10.1 Å². The third-order valence-electron chi connectivity index (χ3n) is 4.06. The molecule has 136 valence electrons. The number of hydrogen-bond donors (Lipinski definition) is 1. The first-order valence-electron chi connectivity index (χ1n) is 8.16. The number of benzene rings is 2. The lowest BCUT2D eigenvalue weighted by Crippen LogP contribution is -2.27. The van der Waals surface area contributed by atoms with Gasteiger partial charge in [0.2, 0.25) is 5.91 Å². The van der Waals surface area contributed by atoms with Crippen LogP contribution in [0.2, 0.25) is 0 Å². The van der Waals surface area contributed by atoms with E-state index in [0.717, 1.165) is 5.56 Å². The van der Waals surface area contributed by atoms with Gasteiger partial charge in [-0.05, 0) is 42.8 Å². The fourth-order valence-electron chi connectivity index (χ4n) is 2.64. The van der Waals surface area contributed by atoms with Gasteiger partial charge in [0.05, 0.1) is 12.9 Å². The Morgan fingerprint density at radius 3 is 2.56 bits per heavy atom. The molecule has 1 N–H and O–H groups in total. The van der Waals surface area contributed by atoms with E-state index in [4.69, 9.17) is 4.74 Å². The van der Waals surface area contributed by atoms with Crippen molar-refractivity contribution in [2.45, 2.75) is 6.92 Å². The van der Waals surface area contributed by atoms with E-state index in [1.807, 2.05) is 25.1 Å². The summed E-state index contributed by atoms with van der Waals surface area (Å²) in [4.78, 5) is 26.5. The number of amides is 2. The molecule has 0 aliphatic carbocycles. The van der Waals surface area contributed by atoms with E-state index >= 15 is 0 Å². The van der Waals surface area contributed by atoms with E-state index in [1.54, 1.807) is 43.5 Å². The average Bonchev–Trinajstić information content (AvgIpc) is 3.05. The summed E-state index contributed by atoms with van der Waals surface area (Å²) >= 11 is 1.18. The molecule has 3 rings (SSSR count). The van der Waals surface area contributed by atoms with Gasteiger partial charge in [-0.2, -0.15) is 5.26 Å². The molecular formula is C20H17N3O3S.